The Labute approximate surface area is 128 Å². The summed E-state index contributed by atoms with van der Waals surface area (Å²) in [6.45, 7) is 9.21. The van der Waals surface area contributed by atoms with E-state index in [1.165, 1.54) is 11.1 Å². The van der Waals surface area contributed by atoms with Crippen LogP contribution < -0.4 is 11.1 Å². The lowest BCUT2D eigenvalue weighted by Gasteiger charge is -2.17. The first-order valence-corrected chi connectivity index (χ1v) is 7.09. The van der Waals surface area contributed by atoms with E-state index in [1.54, 1.807) is 0 Å². The summed E-state index contributed by atoms with van der Waals surface area (Å²) < 4.78 is 0. The van der Waals surface area contributed by atoms with Crippen LogP contribution in [0.25, 0.3) is 0 Å². The van der Waals surface area contributed by atoms with Crippen LogP contribution in [0.15, 0.2) is 18.2 Å². The Balaban J connectivity index is 0.00000361. The fraction of sp³-hybridized carbons (Fsp3) is 0.562. The van der Waals surface area contributed by atoms with Crippen LogP contribution in [-0.2, 0) is 4.79 Å². The highest BCUT2D eigenvalue weighted by Gasteiger charge is 2.11. The molecule has 0 radical (unpaired) electrons. The molecule has 0 bridgehead atoms. The summed E-state index contributed by atoms with van der Waals surface area (Å²) in [5, 5.41) is 3.00. The predicted molar refractivity (Wildman–Crippen MR) is 88.8 cm³/mol. The Hall–Kier alpha value is -1.06. The number of amides is 1. The topological polar surface area (TPSA) is 55.1 Å². The van der Waals surface area contributed by atoms with Gasteiger partial charge in [-0.2, -0.15) is 0 Å². The van der Waals surface area contributed by atoms with Crippen molar-refractivity contribution >= 4 is 24.0 Å². The van der Waals surface area contributed by atoms with E-state index in [9.17, 15) is 4.79 Å². The van der Waals surface area contributed by atoms with Crippen molar-refractivity contribution in [3.63, 3.8) is 0 Å². The maximum Gasteiger partial charge on any atom is 0.224 e. The van der Waals surface area contributed by atoms with Crippen LogP contribution in [0.2, 0.25) is 0 Å². The third-order valence-corrected chi connectivity index (χ3v) is 3.25. The Bertz CT molecular complexity index is 430. The molecule has 0 aromatic heterocycles. The van der Waals surface area contributed by atoms with Crippen molar-refractivity contribution in [2.75, 3.05) is 11.9 Å². The summed E-state index contributed by atoms with van der Waals surface area (Å²) in [4.78, 5) is 11.8. The number of halogens is 1. The van der Waals surface area contributed by atoms with Crippen LogP contribution in [0.4, 0.5) is 5.69 Å². The molecule has 0 spiro atoms. The SMILES string of the molecule is CC(C)c1ccc(NC(=O)CCCN)c(C(C)C)c1.Cl. The fourth-order valence-corrected chi connectivity index (χ4v) is 2.01. The average molecular weight is 299 g/mol. The highest BCUT2D eigenvalue weighted by Crippen LogP contribution is 2.28. The van der Waals surface area contributed by atoms with E-state index in [2.05, 4.69) is 45.1 Å². The minimum atomic E-state index is 0. The minimum absolute atomic E-state index is 0. The summed E-state index contributed by atoms with van der Waals surface area (Å²) in [5.74, 6) is 0.938. The Morgan fingerprint density at radius 1 is 1.20 bits per heavy atom. The van der Waals surface area contributed by atoms with Crippen molar-refractivity contribution in [2.45, 2.75) is 52.4 Å². The van der Waals surface area contributed by atoms with Gasteiger partial charge in [0, 0.05) is 12.1 Å². The molecule has 114 valence electrons. The van der Waals surface area contributed by atoms with Crippen molar-refractivity contribution in [3.05, 3.63) is 29.3 Å². The number of nitrogens with one attached hydrogen (secondary N) is 1. The summed E-state index contributed by atoms with van der Waals surface area (Å²) in [6, 6.07) is 6.31. The zero-order valence-electron chi connectivity index (χ0n) is 12.9. The number of carbonyl (C=O) groups excluding carboxylic acids is 1. The first-order valence-electron chi connectivity index (χ1n) is 7.09. The van der Waals surface area contributed by atoms with Gasteiger partial charge in [0.05, 0.1) is 0 Å². The maximum atomic E-state index is 11.8. The molecule has 1 aromatic carbocycles. The first-order chi connectivity index (χ1) is 8.95. The van der Waals surface area contributed by atoms with E-state index in [0.29, 0.717) is 24.8 Å². The molecule has 3 N–H and O–H groups in total. The summed E-state index contributed by atoms with van der Waals surface area (Å²) in [7, 11) is 0. The van der Waals surface area contributed by atoms with E-state index >= 15 is 0 Å². The van der Waals surface area contributed by atoms with Gasteiger partial charge in [-0.15, -0.1) is 12.4 Å². The van der Waals surface area contributed by atoms with Crippen LogP contribution in [0, 0.1) is 0 Å². The summed E-state index contributed by atoms with van der Waals surface area (Å²) >= 11 is 0. The number of benzene rings is 1. The van der Waals surface area contributed by atoms with Gasteiger partial charge in [-0.25, -0.2) is 0 Å². The molecule has 0 heterocycles. The number of nitrogens with two attached hydrogens (primary N) is 1. The lowest BCUT2D eigenvalue weighted by molar-refractivity contribution is -0.116. The van der Waals surface area contributed by atoms with Crippen molar-refractivity contribution in [3.8, 4) is 0 Å². The zero-order chi connectivity index (χ0) is 14.4. The van der Waals surface area contributed by atoms with E-state index in [1.807, 2.05) is 6.07 Å². The molecular formula is C16H27ClN2O. The van der Waals surface area contributed by atoms with Crippen LogP contribution in [0.3, 0.4) is 0 Å². The Kier molecular flexibility index (Phi) is 8.51. The Morgan fingerprint density at radius 2 is 1.85 bits per heavy atom. The predicted octanol–water partition coefficient (Wildman–Crippen LogP) is 4.03. The molecule has 1 aromatic rings. The number of anilines is 1. The number of rotatable bonds is 6. The standard InChI is InChI=1S/C16H26N2O.ClH/c1-11(2)13-7-8-15(14(10-13)12(3)4)18-16(19)6-5-9-17;/h7-8,10-12H,5-6,9,17H2,1-4H3,(H,18,19);1H. The first kappa shape index (κ1) is 18.9. The molecule has 0 atom stereocenters. The maximum absolute atomic E-state index is 11.8. The van der Waals surface area contributed by atoms with Crippen molar-refractivity contribution in [1.29, 1.82) is 0 Å². The van der Waals surface area contributed by atoms with Gasteiger partial charge in [0.2, 0.25) is 5.91 Å². The fourth-order valence-electron chi connectivity index (χ4n) is 2.01. The lowest BCUT2D eigenvalue weighted by atomic mass is 9.94. The molecule has 0 aliphatic heterocycles. The molecule has 0 unspecified atom stereocenters. The summed E-state index contributed by atoms with van der Waals surface area (Å²) in [6.07, 6.45) is 1.22. The lowest BCUT2D eigenvalue weighted by Crippen LogP contribution is -2.15. The molecule has 20 heavy (non-hydrogen) atoms. The zero-order valence-corrected chi connectivity index (χ0v) is 13.7. The van der Waals surface area contributed by atoms with Crippen molar-refractivity contribution in [1.82, 2.24) is 0 Å². The van der Waals surface area contributed by atoms with Crippen LogP contribution >= 0.6 is 12.4 Å². The van der Waals surface area contributed by atoms with Gasteiger partial charge in [-0.05, 0) is 42.0 Å². The largest absolute Gasteiger partial charge is 0.330 e. The van der Waals surface area contributed by atoms with Gasteiger partial charge in [-0.1, -0.05) is 39.8 Å². The third-order valence-electron chi connectivity index (χ3n) is 3.25. The van der Waals surface area contributed by atoms with Crippen molar-refractivity contribution < 1.29 is 4.79 Å². The second-order valence-corrected chi connectivity index (χ2v) is 5.60. The molecule has 4 heteroatoms. The van der Waals surface area contributed by atoms with Gasteiger partial charge < -0.3 is 11.1 Å². The van der Waals surface area contributed by atoms with Crippen LogP contribution in [0.5, 0.6) is 0 Å². The number of carbonyl (C=O) groups is 1. The van der Waals surface area contributed by atoms with E-state index in [0.717, 1.165) is 12.1 Å². The third kappa shape index (κ3) is 5.51. The number of hydrogen-bond acceptors (Lipinski definition) is 2. The van der Waals surface area contributed by atoms with Crippen LogP contribution in [0.1, 0.15) is 63.5 Å². The summed E-state index contributed by atoms with van der Waals surface area (Å²) in [5.41, 5.74) is 8.86. The van der Waals surface area contributed by atoms with Gasteiger partial charge in [0.25, 0.3) is 0 Å². The van der Waals surface area contributed by atoms with E-state index in [4.69, 9.17) is 5.73 Å². The molecule has 0 fully saturated rings. The second kappa shape index (κ2) is 8.98. The molecule has 0 saturated heterocycles. The van der Waals surface area contributed by atoms with Gasteiger partial charge in [0.15, 0.2) is 0 Å². The van der Waals surface area contributed by atoms with E-state index in [-0.39, 0.29) is 18.3 Å². The average Bonchev–Trinajstić information content (AvgIpc) is 2.36. The van der Waals surface area contributed by atoms with Gasteiger partial charge >= 0.3 is 0 Å². The monoisotopic (exact) mass is 298 g/mol. The normalized spacial score (nSPS) is 10.6. The Morgan fingerprint density at radius 3 is 2.35 bits per heavy atom. The molecule has 0 aliphatic rings. The number of hydrogen-bond donors (Lipinski definition) is 2. The quantitative estimate of drug-likeness (QED) is 0.833. The molecule has 3 nitrogen and oxygen atoms in total. The van der Waals surface area contributed by atoms with Gasteiger partial charge in [0.1, 0.15) is 0 Å². The molecule has 1 rings (SSSR count). The highest BCUT2D eigenvalue weighted by molar-refractivity contribution is 5.91. The molecule has 1 amide bonds. The van der Waals surface area contributed by atoms with E-state index < -0.39 is 0 Å². The molecule has 0 aliphatic carbocycles. The molecular weight excluding hydrogens is 272 g/mol. The molecule has 0 saturated carbocycles. The van der Waals surface area contributed by atoms with Crippen molar-refractivity contribution in [2.24, 2.45) is 5.73 Å². The van der Waals surface area contributed by atoms with Gasteiger partial charge in [-0.3, -0.25) is 4.79 Å². The smallest absolute Gasteiger partial charge is 0.224 e. The highest BCUT2D eigenvalue weighted by atomic mass is 35.5. The minimum Gasteiger partial charge on any atom is -0.330 e. The van der Waals surface area contributed by atoms with Crippen LogP contribution in [-0.4, -0.2) is 12.5 Å². The second-order valence-electron chi connectivity index (χ2n) is 5.60.